The molecule has 0 radical (unpaired) electrons. The summed E-state index contributed by atoms with van der Waals surface area (Å²) in [4.78, 5) is 4.33. The van der Waals surface area contributed by atoms with Crippen molar-refractivity contribution in [2.45, 2.75) is 13.5 Å². The van der Waals surface area contributed by atoms with Crippen LogP contribution in [0.3, 0.4) is 0 Å². The molecular formula is C13H16BrFIN3. The first-order valence-corrected chi connectivity index (χ1v) is 6.36. The Hall–Kier alpha value is -0.810. The van der Waals surface area contributed by atoms with Crippen LogP contribution < -0.4 is 10.6 Å². The Bertz CT molecular complexity index is 471. The maximum Gasteiger partial charge on any atom is 0.192 e. The van der Waals surface area contributed by atoms with E-state index in [1.165, 1.54) is 12.1 Å². The second-order valence-electron chi connectivity index (χ2n) is 3.49. The molecule has 0 aromatic heterocycles. The molecule has 6 heteroatoms. The lowest BCUT2D eigenvalue weighted by atomic mass is 10.2. The van der Waals surface area contributed by atoms with Gasteiger partial charge in [-0.3, -0.25) is 0 Å². The number of halogens is 3. The molecule has 0 aliphatic rings. The zero-order valence-corrected chi connectivity index (χ0v) is 14.5. The molecule has 0 saturated carbocycles. The van der Waals surface area contributed by atoms with Gasteiger partial charge in [-0.1, -0.05) is 21.9 Å². The van der Waals surface area contributed by atoms with Crippen molar-refractivity contribution in [3.05, 3.63) is 34.1 Å². The van der Waals surface area contributed by atoms with Crippen molar-refractivity contribution in [3.8, 4) is 12.3 Å². The molecule has 1 aromatic carbocycles. The van der Waals surface area contributed by atoms with Crippen LogP contribution in [-0.2, 0) is 6.54 Å². The minimum absolute atomic E-state index is 0. The number of terminal acetylenes is 1. The Morgan fingerprint density at radius 1 is 1.47 bits per heavy atom. The lowest BCUT2D eigenvalue weighted by Crippen LogP contribution is -2.37. The van der Waals surface area contributed by atoms with E-state index in [9.17, 15) is 4.39 Å². The highest BCUT2D eigenvalue weighted by atomic mass is 127. The molecule has 0 heterocycles. The maximum atomic E-state index is 13.1. The van der Waals surface area contributed by atoms with Crippen molar-refractivity contribution >= 4 is 45.9 Å². The van der Waals surface area contributed by atoms with Crippen LogP contribution in [0.2, 0.25) is 0 Å². The van der Waals surface area contributed by atoms with Crippen molar-refractivity contribution in [2.75, 3.05) is 13.1 Å². The predicted octanol–water partition coefficient (Wildman–Crippen LogP) is 2.89. The standard InChI is InChI=1S/C13H15BrFN3.HI/c1-3-7-17-13(16-4-2)18-9-10-8-11(15)5-6-12(10)14;/h1,5-6,8H,4,7,9H2,2H3,(H2,16,17,18);1H. The Morgan fingerprint density at radius 3 is 2.84 bits per heavy atom. The molecule has 0 spiro atoms. The van der Waals surface area contributed by atoms with Crippen LogP contribution in [0.5, 0.6) is 0 Å². The van der Waals surface area contributed by atoms with Gasteiger partial charge in [-0.25, -0.2) is 9.38 Å². The highest BCUT2D eigenvalue weighted by Gasteiger charge is 2.02. The summed E-state index contributed by atoms with van der Waals surface area (Å²) in [5.41, 5.74) is 0.785. The lowest BCUT2D eigenvalue weighted by molar-refractivity contribution is 0.625. The van der Waals surface area contributed by atoms with Crippen molar-refractivity contribution in [1.29, 1.82) is 0 Å². The molecule has 104 valence electrons. The van der Waals surface area contributed by atoms with E-state index >= 15 is 0 Å². The van der Waals surface area contributed by atoms with Crippen LogP contribution in [0.1, 0.15) is 12.5 Å². The summed E-state index contributed by atoms with van der Waals surface area (Å²) in [6.45, 7) is 3.47. The molecule has 1 rings (SSSR count). The summed E-state index contributed by atoms with van der Waals surface area (Å²) in [7, 11) is 0. The summed E-state index contributed by atoms with van der Waals surface area (Å²) < 4.78 is 13.9. The van der Waals surface area contributed by atoms with Gasteiger partial charge in [-0.05, 0) is 30.7 Å². The quantitative estimate of drug-likeness (QED) is 0.327. The SMILES string of the molecule is C#CCNC(=NCc1cc(F)ccc1Br)NCC.I. The summed E-state index contributed by atoms with van der Waals surface area (Å²) >= 11 is 3.36. The van der Waals surface area contributed by atoms with Gasteiger partial charge in [0, 0.05) is 11.0 Å². The normalized spacial score (nSPS) is 10.3. The van der Waals surface area contributed by atoms with Gasteiger partial charge in [-0.15, -0.1) is 30.4 Å². The Labute approximate surface area is 138 Å². The zero-order valence-electron chi connectivity index (χ0n) is 10.5. The van der Waals surface area contributed by atoms with Crippen molar-refractivity contribution in [2.24, 2.45) is 4.99 Å². The summed E-state index contributed by atoms with van der Waals surface area (Å²) in [5, 5.41) is 6.02. The smallest absolute Gasteiger partial charge is 0.192 e. The van der Waals surface area contributed by atoms with Gasteiger partial charge in [0.2, 0.25) is 0 Å². The van der Waals surface area contributed by atoms with Crippen molar-refractivity contribution < 1.29 is 4.39 Å². The van der Waals surface area contributed by atoms with Crippen molar-refractivity contribution in [3.63, 3.8) is 0 Å². The molecule has 0 fully saturated rings. The molecule has 19 heavy (non-hydrogen) atoms. The number of nitrogens with one attached hydrogen (secondary N) is 2. The van der Waals surface area contributed by atoms with E-state index in [0.29, 0.717) is 19.0 Å². The van der Waals surface area contributed by atoms with Crippen molar-refractivity contribution in [1.82, 2.24) is 10.6 Å². The third kappa shape index (κ3) is 6.78. The minimum Gasteiger partial charge on any atom is -0.357 e. The van der Waals surface area contributed by atoms with E-state index in [1.807, 2.05) is 6.92 Å². The van der Waals surface area contributed by atoms with Gasteiger partial charge in [0.05, 0.1) is 13.1 Å². The van der Waals surface area contributed by atoms with Crippen LogP contribution >= 0.6 is 39.9 Å². The molecule has 2 N–H and O–H groups in total. The second-order valence-corrected chi connectivity index (χ2v) is 4.34. The number of hydrogen-bond donors (Lipinski definition) is 2. The average Bonchev–Trinajstić information content (AvgIpc) is 2.36. The molecular weight excluding hydrogens is 424 g/mol. The topological polar surface area (TPSA) is 36.4 Å². The molecule has 0 aliphatic heterocycles. The van der Waals surface area contributed by atoms with E-state index in [0.717, 1.165) is 16.6 Å². The molecule has 0 amide bonds. The fourth-order valence-electron chi connectivity index (χ4n) is 1.31. The van der Waals surface area contributed by atoms with Crippen LogP contribution in [-0.4, -0.2) is 19.0 Å². The van der Waals surface area contributed by atoms with Crippen LogP contribution in [0.15, 0.2) is 27.7 Å². The molecule has 0 atom stereocenters. The maximum absolute atomic E-state index is 13.1. The average molecular weight is 440 g/mol. The Balaban J connectivity index is 0.00000324. The Morgan fingerprint density at radius 2 is 2.21 bits per heavy atom. The highest BCUT2D eigenvalue weighted by molar-refractivity contribution is 14.0. The van der Waals surface area contributed by atoms with Gasteiger partial charge in [-0.2, -0.15) is 0 Å². The van der Waals surface area contributed by atoms with Gasteiger partial charge < -0.3 is 10.6 Å². The van der Waals surface area contributed by atoms with Crippen LogP contribution in [0.25, 0.3) is 0 Å². The summed E-state index contributed by atoms with van der Waals surface area (Å²) in [6.07, 6.45) is 5.17. The molecule has 0 unspecified atom stereocenters. The van der Waals surface area contributed by atoms with Gasteiger partial charge in [0.15, 0.2) is 5.96 Å². The fraction of sp³-hybridized carbons (Fsp3) is 0.308. The number of guanidine groups is 1. The van der Waals surface area contributed by atoms with E-state index in [4.69, 9.17) is 6.42 Å². The second kappa shape index (κ2) is 10.0. The zero-order chi connectivity index (χ0) is 13.4. The van der Waals surface area contributed by atoms with Crippen LogP contribution in [0, 0.1) is 18.2 Å². The first-order valence-electron chi connectivity index (χ1n) is 5.57. The number of rotatable bonds is 4. The number of aliphatic imine (C=N–C) groups is 1. The molecule has 0 saturated heterocycles. The largest absolute Gasteiger partial charge is 0.357 e. The first kappa shape index (κ1) is 18.2. The number of benzene rings is 1. The molecule has 0 aliphatic carbocycles. The van der Waals surface area contributed by atoms with E-state index in [1.54, 1.807) is 6.07 Å². The number of hydrogen-bond acceptors (Lipinski definition) is 1. The molecule has 0 bridgehead atoms. The minimum atomic E-state index is -0.273. The first-order chi connectivity index (χ1) is 8.67. The fourth-order valence-corrected chi connectivity index (χ4v) is 1.68. The van der Waals surface area contributed by atoms with Gasteiger partial charge in [0.25, 0.3) is 0 Å². The predicted molar refractivity (Wildman–Crippen MR) is 91.2 cm³/mol. The third-order valence-corrected chi connectivity index (χ3v) is 2.89. The third-order valence-electron chi connectivity index (χ3n) is 2.12. The molecule has 1 aromatic rings. The summed E-state index contributed by atoms with van der Waals surface area (Å²) in [5.74, 6) is 2.82. The van der Waals surface area contributed by atoms with Gasteiger partial charge >= 0.3 is 0 Å². The van der Waals surface area contributed by atoms with E-state index < -0.39 is 0 Å². The highest BCUT2D eigenvalue weighted by Crippen LogP contribution is 2.18. The number of nitrogens with zero attached hydrogens (tertiary/aromatic N) is 1. The monoisotopic (exact) mass is 439 g/mol. The Kier molecular flexibility index (Phi) is 9.61. The lowest BCUT2D eigenvalue weighted by Gasteiger charge is -2.09. The molecule has 3 nitrogen and oxygen atoms in total. The van der Waals surface area contributed by atoms with E-state index in [2.05, 4.69) is 37.5 Å². The summed E-state index contributed by atoms with van der Waals surface area (Å²) in [6, 6.07) is 4.53. The van der Waals surface area contributed by atoms with E-state index in [-0.39, 0.29) is 29.8 Å². The van der Waals surface area contributed by atoms with Gasteiger partial charge in [0.1, 0.15) is 5.82 Å². The van der Waals surface area contributed by atoms with Crippen LogP contribution in [0.4, 0.5) is 4.39 Å².